The lowest BCUT2D eigenvalue weighted by atomic mass is 9.62. The van der Waals surface area contributed by atoms with Crippen molar-refractivity contribution in [3.8, 4) is 0 Å². The van der Waals surface area contributed by atoms with Gasteiger partial charge in [-0.05, 0) is 47.7 Å². The molecule has 2 bridgehead atoms. The molecular weight excluding hydrogens is 704 g/mol. The van der Waals surface area contributed by atoms with Crippen molar-refractivity contribution in [3.63, 3.8) is 0 Å². The van der Waals surface area contributed by atoms with Crippen LogP contribution in [0.15, 0.2) is 54.6 Å². The van der Waals surface area contributed by atoms with Gasteiger partial charge in [0.05, 0.1) is 13.2 Å². The lowest BCUT2D eigenvalue weighted by Gasteiger charge is -2.48. The highest BCUT2D eigenvalue weighted by molar-refractivity contribution is 5.95. The van der Waals surface area contributed by atoms with E-state index in [0.717, 1.165) is 49.7 Å². The quantitative estimate of drug-likeness (QED) is 0.114. The molecule has 0 spiro atoms. The Morgan fingerprint density at radius 2 is 1.65 bits per heavy atom. The second-order valence-electron chi connectivity index (χ2n) is 15.4. The summed E-state index contributed by atoms with van der Waals surface area (Å²) < 4.78 is 20.0. The van der Waals surface area contributed by atoms with Gasteiger partial charge in [0.25, 0.3) is 5.91 Å². The molecule has 3 aliphatic heterocycles. The molecule has 3 N–H and O–H groups in total. The van der Waals surface area contributed by atoms with Crippen molar-refractivity contribution in [2.75, 3.05) is 27.2 Å². The molecule has 6 atom stereocenters. The topological polar surface area (TPSA) is 156 Å². The summed E-state index contributed by atoms with van der Waals surface area (Å²) in [4.78, 5) is 62.1. The van der Waals surface area contributed by atoms with Gasteiger partial charge >= 0.3 is 5.97 Å². The minimum atomic E-state index is -1.36. The lowest BCUT2D eigenvalue weighted by molar-refractivity contribution is -0.224. The summed E-state index contributed by atoms with van der Waals surface area (Å²) in [6.45, 7) is 4.53. The van der Waals surface area contributed by atoms with Crippen molar-refractivity contribution in [1.82, 2.24) is 20.6 Å². The monoisotopic (exact) mass is 760 g/mol. The SMILES string of the molecule is CCCCCC1(CCCCC)O[C@@H]2[C@H]3ON(Cc4cccc(C=CC(=O)N(C)C)c4)[C@H]4C(=O)OC(CC34C(=O)NCc3cccc(C(=O)NCCO)c3)[C@@H]2O1. The molecule has 3 saturated heterocycles. The molecule has 4 fully saturated rings. The van der Waals surface area contributed by atoms with Crippen molar-refractivity contribution >= 4 is 29.8 Å². The molecule has 4 aliphatic rings. The van der Waals surface area contributed by atoms with Crippen LogP contribution in [0, 0.1) is 5.41 Å². The largest absolute Gasteiger partial charge is 0.458 e. The van der Waals surface area contributed by atoms with E-state index >= 15 is 0 Å². The van der Waals surface area contributed by atoms with E-state index in [0.29, 0.717) is 24.0 Å². The number of aliphatic hydroxyl groups excluding tert-OH is 1. The van der Waals surface area contributed by atoms with Gasteiger partial charge in [-0.25, -0.2) is 0 Å². The molecule has 3 heterocycles. The summed E-state index contributed by atoms with van der Waals surface area (Å²) in [6.07, 6.45) is 7.97. The number of nitrogens with zero attached hydrogens (tertiary/aromatic N) is 2. The number of likely N-dealkylation sites (N-methyl/N-ethyl adjacent to an activating group) is 1. The number of carbonyl (C=O) groups excluding carboxylic acids is 4. The molecule has 3 amide bonds. The van der Waals surface area contributed by atoms with Crippen molar-refractivity contribution < 1.29 is 43.3 Å². The van der Waals surface area contributed by atoms with Crippen molar-refractivity contribution in [3.05, 3.63) is 76.9 Å². The average molecular weight is 761 g/mol. The first-order valence-electron chi connectivity index (χ1n) is 19.8. The fourth-order valence-corrected chi connectivity index (χ4v) is 8.43. The molecule has 2 aromatic carbocycles. The number of hydroxylamine groups is 2. The fraction of sp³-hybridized carbons (Fsp3) is 0.571. The van der Waals surface area contributed by atoms with Crippen LogP contribution in [0.5, 0.6) is 0 Å². The number of hydrogen-bond acceptors (Lipinski definition) is 10. The number of ether oxygens (including phenoxy) is 3. The summed E-state index contributed by atoms with van der Waals surface area (Å²) >= 11 is 0. The highest BCUT2D eigenvalue weighted by Gasteiger charge is 2.76. The normalized spacial score (nSPS) is 26.4. The standard InChI is InChI=1S/C42H56N4O9/c1-5-7-9-19-41(20-10-8-6-2)53-34-32-25-42(40(51)44-26-29-14-12-16-31(24-29)38(49)43-21-22-47)36(39(50)52-32)46(55-37(42)35(34)54-41)27-30-15-11-13-28(23-30)17-18-33(48)45(3)4/h11-18,23-24,32,34-37,47H,5-10,19-22,25-27H2,1-4H3,(H,43,49)(H,44,51)/t32?,34-,35-,36-,37+,42?/m0/s1. The van der Waals surface area contributed by atoms with E-state index in [2.05, 4.69) is 24.5 Å². The third kappa shape index (κ3) is 8.66. The van der Waals surface area contributed by atoms with Crippen LogP contribution in [0.4, 0.5) is 0 Å². The Labute approximate surface area is 323 Å². The van der Waals surface area contributed by atoms with Crippen LogP contribution in [-0.2, 0) is 46.5 Å². The minimum absolute atomic E-state index is 0.102. The van der Waals surface area contributed by atoms with Crippen LogP contribution >= 0.6 is 0 Å². The lowest BCUT2D eigenvalue weighted by Crippen LogP contribution is -2.69. The van der Waals surface area contributed by atoms with Gasteiger partial charge in [-0.1, -0.05) is 75.9 Å². The summed E-state index contributed by atoms with van der Waals surface area (Å²) in [5.74, 6) is -2.27. The highest BCUT2D eigenvalue weighted by Crippen LogP contribution is 2.58. The third-order valence-corrected chi connectivity index (χ3v) is 11.2. The maximum absolute atomic E-state index is 14.8. The maximum Gasteiger partial charge on any atom is 0.327 e. The second-order valence-corrected chi connectivity index (χ2v) is 15.4. The summed E-state index contributed by atoms with van der Waals surface area (Å²) in [5.41, 5.74) is 1.34. The number of rotatable bonds is 18. The number of nitrogens with one attached hydrogen (secondary N) is 2. The number of amides is 3. The summed E-state index contributed by atoms with van der Waals surface area (Å²) in [6, 6.07) is 13.4. The van der Waals surface area contributed by atoms with E-state index < -0.39 is 47.6 Å². The number of fused-ring (bicyclic) bond motifs is 4. The molecule has 1 saturated carbocycles. The maximum atomic E-state index is 14.8. The molecule has 13 nitrogen and oxygen atoms in total. The van der Waals surface area contributed by atoms with Crippen molar-refractivity contribution in [1.29, 1.82) is 0 Å². The number of hydrogen-bond donors (Lipinski definition) is 3. The summed E-state index contributed by atoms with van der Waals surface area (Å²) in [5, 5.41) is 16.5. The molecule has 13 heteroatoms. The number of aliphatic hydroxyl groups is 1. The van der Waals surface area contributed by atoms with E-state index in [1.807, 2.05) is 30.3 Å². The molecule has 2 aromatic rings. The molecule has 6 rings (SSSR count). The van der Waals surface area contributed by atoms with Crippen LogP contribution in [0.3, 0.4) is 0 Å². The Bertz CT molecular complexity index is 1720. The first-order chi connectivity index (χ1) is 26.5. The number of carbonyl (C=O) groups is 4. The molecule has 2 unspecified atom stereocenters. The van der Waals surface area contributed by atoms with Gasteiger partial charge < -0.3 is 34.9 Å². The Morgan fingerprint density at radius 1 is 0.945 bits per heavy atom. The molecule has 1 aliphatic carbocycles. The first-order valence-corrected chi connectivity index (χ1v) is 19.8. The Balaban J connectivity index is 1.32. The van der Waals surface area contributed by atoms with Crippen LogP contribution < -0.4 is 10.6 Å². The van der Waals surface area contributed by atoms with E-state index in [9.17, 15) is 19.2 Å². The van der Waals surface area contributed by atoms with Crippen LogP contribution in [0.25, 0.3) is 6.08 Å². The Hall–Kier alpha value is -4.14. The average Bonchev–Trinajstić information content (AvgIpc) is 3.73. The van der Waals surface area contributed by atoms with Crippen LogP contribution in [0.1, 0.15) is 98.7 Å². The van der Waals surface area contributed by atoms with E-state index in [4.69, 9.17) is 24.2 Å². The minimum Gasteiger partial charge on any atom is -0.458 e. The van der Waals surface area contributed by atoms with Gasteiger partial charge in [0.2, 0.25) is 11.8 Å². The fourth-order valence-electron chi connectivity index (χ4n) is 8.43. The van der Waals surface area contributed by atoms with E-state index in [1.165, 1.54) is 11.0 Å². The molecule has 298 valence electrons. The van der Waals surface area contributed by atoms with Gasteiger partial charge in [0.15, 0.2) is 11.8 Å². The zero-order valence-electron chi connectivity index (χ0n) is 32.5. The third-order valence-electron chi connectivity index (χ3n) is 11.2. The van der Waals surface area contributed by atoms with Gasteiger partial charge in [0, 0.05) is 58.1 Å². The number of esters is 1. The predicted molar refractivity (Wildman–Crippen MR) is 204 cm³/mol. The molecular formula is C42H56N4O9. The zero-order valence-corrected chi connectivity index (χ0v) is 32.5. The Morgan fingerprint density at radius 3 is 2.36 bits per heavy atom. The smallest absolute Gasteiger partial charge is 0.327 e. The number of benzene rings is 2. The van der Waals surface area contributed by atoms with Crippen LogP contribution in [0.2, 0.25) is 0 Å². The molecule has 0 radical (unpaired) electrons. The van der Waals surface area contributed by atoms with Gasteiger partial charge in [0.1, 0.15) is 29.8 Å². The van der Waals surface area contributed by atoms with Gasteiger partial charge in [-0.3, -0.25) is 24.0 Å². The molecule has 0 aromatic heterocycles. The van der Waals surface area contributed by atoms with E-state index in [1.54, 1.807) is 43.4 Å². The number of unbranched alkanes of at least 4 members (excludes halogenated alkanes) is 4. The van der Waals surface area contributed by atoms with Gasteiger partial charge in [-0.15, -0.1) is 0 Å². The summed E-state index contributed by atoms with van der Waals surface area (Å²) in [7, 11) is 3.38. The first kappa shape index (κ1) is 40.5. The predicted octanol–water partition coefficient (Wildman–Crippen LogP) is 4.27. The van der Waals surface area contributed by atoms with Crippen molar-refractivity contribution in [2.45, 2.75) is 121 Å². The second kappa shape index (κ2) is 17.8. The van der Waals surface area contributed by atoms with Crippen LogP contribution in [-0.4, -0.2) is 102 Å². The van der Waals surface area contributed by atoms with Crippen molar-refractivity contribution in [2.24, 2.45) is 5.41 Å². The van der Waals surface area contributed by atoms with Gasteiger partial charge in [-0.2, -0.15) is 5.06 Å². The molecule has 55 heavy (non-hydrogen) atoms. The van der Waals surface area contributed by atoms with E-state index in [-0.39, 0.29) is 50.4 Å². The zero-order chi connectivity index (χ0) is 39.2. The highest BCUT2D eigenvalue weighted by atomic mass is 16.8. The Kier molecular flexibility index (Phi) is 13.1.